The van der Waals surface area contributed by atoms with Crippen molar-refractivity contribution >= 4 is 17.4 Å². The normalized spacial score (nSPS) is 10.4. The summed E-state index contributed by atoms with van der Waals surface area (Å²) in [5.41, 5.74) is 0.851. The lowest BCUT2D eigenvalue weighted by Crippen LogP contribution is -2.11. The van der Waals surface area contributed by atoms with Crippen LogP contribution in [-0.4, -0.2) is 19.5 Å². The SMILES string of the molecule is COc1c(Cl)ccc(C(=O)COCc2ccccc2)c1F. The highest BCUT2D eigenvalue weighted by atomic mass is 35.5. The molecule has 2 rings (SSSR count). The highest BCUT2D eigenvalue weighted by Gasteiger charge is 2.18. The van der Waals surface area contributed by atoms with Gasteiger partial charge in [-0.15, -0.1) is 0 Å². The Labute approximate surface area is 127 Å². The van der Waals surface area contributed by atoms with Crippen LogP contribution in [0.15, 0.2) is 42.5 Å². The second kappa shape index (κ2) is 7.20. The number of ether oxygens (including phenoxy) is 2. The zero-order valence-electron chi connectivity index (χ0n) is 11.4. The average molecular weight is 309 g/mol. The van der Waals surface area contributed by atoms with Crippen molar-refractivity contribution in [2.75, 3.05) is 13.7 Å². The summed E-state index contributed by atoms with van der Waals surface area (Å²) in [6, 6.07) is 12.2. The molecular formula is C16H14ClFO3. The molecule has 0 radical (unpaired) electrons. The first-order valence-corrected chi connectivity index (χ1v) is 6.68. The average Bonchev–Trinajstić information content (AvgIpc) is 2.48. The van der Waals surface area contributed by atoms with Crippen molar-refractivity contribution in [1.29, 1.82) is 0 Å². The molecule has 0 saturated carbocycles. The molecule has 0 spiro atoms. The van der Waals surface area contributed by atoms with E-state index in [-0.39, 0.29) is 22.9 Å². The van der Waals surface area contributed by atoms with E-state index in [1.165, 1.54) is 19.2 Å². The second-order valence-corrected chi connectivity index (χ2v) is 4.75. The van der Waals surface area contributed by atoms with Crippen molar-refractivity contribution in [3.8, 4) is 5.75 Å². The molecule has 0 N–H and O–H groups in total. The van der Waals surface area contributed by atoms with E-state index in [1.807, 2.05) is 30.3 Å². The van der Waals surface area contributed by atoms with E-state index in [2.05, 4.69) is 0 Å². The predicted octanol–water partition coefficient (Wildman–Crippen LogP) is 3.89. The van der Waals surface area contributed by atoms with Gasteiger partial charge in [0.15, 0.2) is 17.3 Å². The van der Waals surface area contributed by atoms with Crippen molar-refractivity contribution in [3.05, 3.63) is 64.4 Å². The minimum absolute atomic E-state index is 0.0932. The molecule has 0 aliphatic heterocycles. The van der Waals surface area contributed by atoms with Gasteiger partial charge in [-0.3, -0.25) is 4.79 Å². The maximum Gasteiger partial charge on any atom is 0.191 e. The van der Waals surface area contributed by atoms with Crippen LogP contribution in [0.5, 0.6) is 5.75 Å². The molecule has 2 aromatic rings. The Morgan fingerprint density at radius 2 is 1.90 bits per heavy atom. The molecule has 0 bridgehead atoms. The van der Waals surface area contributed by atoms with Gasteiger partial charge in [-0.25, -0.2) is 4.39 Å². The highest BCUT2D eigenvalue weighted by molar-refractivity contribution is 6.32. The van der Waals surface area contributed by atoms with Crippen LogP contribution in [0.4, 0.5) is 4.39 Å². The van der Waals surface area contributed by atoms with Crippen LogP contribution in [-0.2, 0) is 11.3 Å². The van der Waals surface area contributed by atoms with Gasteiger partial charge in [-0.05, 0) is 17.7 Å². The molecule has 21 heavy (non-hydrogen) atoms. The zero-order chi connectivity index (χ0) is 15.2. The molecule has 5 heteroatoms. The van der Waals surface area contributed by atoms with Crippen LogP contribution in [0.1, 0.15) is 15.9 Å². The second-order valence-electron chi connectivity index (χ2n) is 4.34. The van der Waals surface area contributed by atoms with Crippen molar-refractivity contribution in [2.45, 2.75) is 6.61 Å². The summed E-state index contributed by atoms with van der Waals surface area (Å²) >= 11 is 5.78. The lowest BCUT2D eigenvalue weighted by atomic mass is 10.1. The Kier molecular flexibility index (Phi) is 5.31. The maximum absolute atomic E-state index is 14.0. The molecule has 0 aliphatic carbocycles. The summed E-state index contributed by atoms with van der Waals surface area (Å²) in [4.78, 5) is 12.0. The van der Waals surface area contributed by atoms with Crippen LogP contribution < -0.4 is 4.74 Å². The van der Waals surface area contributed by atoms with Crippen LogP contribution in [0.2, 0.25) is 5.02 Å². The summed E-state index contributed by atoms with van der Waals surface area (Å²) in [6.45, 7) is 0.0789. The van der Waals surface area contributed by atoms with Gasteiger partial charge in [0.2, 0.25) is 0 Å². The van der Waals surface area contributed by atoms with E-state index in [9.17, 15) is 9.18 Å². The number of hydrogen-bond acceptors (Lipinski definition) is 3. The van der Waals surface area contributed by atoms with Crippen LogP contribution in [0.25, 0.3) is 0 Å². The molecule has 0 atom stereocenters. The molecule has 0 heterocycles. The monoisotopic (exact) mass is 308 g/mol. The fraction of sp³-hybridized carbons (Fsp3) is 0.188. The number of methoxy groups -OCH3 is 1. The van der Waals surface area contributed by atoms with E-state index in [0.29, 0.717) is 6.61 Å². The van der Waals surface area contributed by atoms with Crippen LogP contribution in [0, 0.1) is 5.82 Å². The van der Waals surface area contributed by atoms with E-state index in [4.69, 9.17) is 21.1 Å². The first-order valence-electron chi connectivity index (χ1n) is 6.30. The quantitative estimate of drug-likeness (QED) is 0.760. The Morgan fingerprint density at radius 1 is 1.19 bits per heavy atom. The molecule has 2 aromatic carbocycles. The summed E-state index contributed by atoms with van der Waals surface area (Å²) in [5.74, 6) is -1.36. The van der Waals surface area contributed by atoms with Crippen LogP contribution in [0.3, 0.4) is 0 Å². The van der Waals surface area contributed by atoms with Gasteiger partial charge in [0.1, 0.15) is 6.61 Å². The molecule has 0 amide bonds. The largest absolute Gasteiger partial charge is 0.492 e. The Morgan fingerprint density at radius 3 is 2.57 bits per heavy atom. The summed E-state index contributed by atoms with van der Waals surface area (Å²) in [7, 11) is 1.30. The first kappa shape index (κ1) is 15.5. The fourth-order valence-electron chi connectivity index (χ4n) is 1.85. The highest BCUT2D eigenvalue weighted by Crippen LogP contribution is 2.29. The summed E-state index contributed by atoms with van der Waals surface area (Å²) in [6.07, 6.45) is 0. The number of ketones is 1. The summed E-state index contributed by atoms with van der Waals surface area (Å²) < 4.78 is 24.2. The smallest absolute Gasteiger partial charge is 0.191 e. The van der Waals surface area contributed by atoms with Gasteiger partial charge in [-0.1, -0.05) is 41.9 Å². The lowest BCUT2D eigenvalue weighted by Gasteiger charge is -2.09. The minimum atomic E-state index is -0.765. The standard InChI is InChI=1S/C16H14ClFO3/c1-20-16-13(17)8-7-12(15(16)18)14(19)10-21-9-11-5-3-2-4-6-11/h2-8H,9-10H2,1H3. The maximum atomic E-state index is 14.0. The molecule has 0 aliphatic rings. The van der Waals surface area contributed by atoms with E-state index in [1.54, 1.807) is 0 Å². The minimum Gasteiger partial charge on any atom is -0.492 e. The number of halogens is 2. The molecule has 0 aromatic heterocycles. The Balaban J connectivity index is 2.01. The number of rotatable bonds is 6. The van der Waals surface area contributed by atoms with E-state index < -0.39 is 11.6 Å². The number of carbonyl (C=O) groups excluding carboxylic acids is 1. The fourth-order valence-corrected chi connectivity index (χ4v) is 2.07. The Bertz CT molecular complexity index is 629. The van der Waals surface area contributed by atoms with Crippen molar-refractivity contribution in [2.24, 2.45) is 0 Å². The van der Waals surface area contributed by atoms with Gasteiger partial charge < -0.3 is 9.47 Å². The third-order valence-electron chi connectivity index (χ3n) is 2.90. The first-order chi connectivity index (χ1) is 10.1. The molecule has 0 saturated heterocycles. The third-order valence-corrected chi connectivity index (χ3v) is 3.20. The number of benzene rings is 2. The van der Waals surface area contributed by atoms with Crippen molar-refractivity contribution in [1.82, 2.24) is 0 Å². The van der Waals surface area contributed by atoms with Crippen molar-refractivity contribution in [3.63, 3.8) is 0 Å². The van der Waals surface area contributed by atoms with Gasteiger partial charge in [0, 0.05) is 0 Å². The molecule has 3 nitrogen and oxygen atoms in total. The van der Waals surface area contributed by atoms with Crippen LogP contribution >= 0.6 is 11.6 Å². The third kappa shape index (κ3) is 3.80. The van der Waals surface area contributed by atoms with E-state index in [0.717, 1.165) is 5.56 Å². The summed E-state index contributed by atoms with van der Waals surface area (Å²) in [5, 5.41) is 0.122. The Hall–Kier alpha value is -1.91. The van der Waals surface area contributed by atoms with Gasteiger partial charge in [-0.2, -0.15) is 0 Å². The molecule has 0 fully saturated rings. The van der Waals surface area contributed by atoms with Gasteiger partial charge >= 0.3 is 0 Å². The lowest BCUT2D eigenvalue weighted by molar-refractivity contribution is 0.0722. The topological polar surface area (TPSA) is 35.5 Å². The molecule has 0 unspecified atom stereocenters. The predicted molar refractivity (Wildman–Crippen MR) is 78.4 cm³/mol. The van der Waals surface area contributed by atoms with Gasteiger partial charge in [0.05, 0.1) is 24.3 Å². The van der Waals surface area contributed by atoms with E-state index >= 15 is 0 Å². The van der Waals surface area contributed by atoms with Crippen molar-refractivity contribution < 1.29 is 18.7 Å². The number of carbonyl (C=O) groups is 1. The molecular weight excluding hydrogens is 295 g/mol. The number of hydrogen-bond donors (Lipinski definition) is 0. The number of Topliss-reactive ketones (excluding diaryl/α,β-unsaturated/α-hetero) is 1. The zero-order valence-corrected chi connectivity index (χ0v) is 12.2. The van der Waals surface area contributed by atoms with Gasteiger partial charge in [0.25, 0.3) is 0 Å². The molecule has 110 valence electrons.